The Labute approximate surface area is 331 Å². The maximum Gasteiger partial charge on any atom is 0.0562 e. The summed E-state index contributed by atoms with van der Waals surface area (Å²) in [5.74, 6) is 0. The smallest absolute Gasteiger partial charge is 0.0562 e. The topological polar surface area (TPSA) is 13.1 Å². The lowest BCUT2D eigenvalue weighted by atomic mass is 9.98. The molecule has 57 heavy (non-hydrogen) atoms. The van der Waals surface area contributed by atoms with Crippen LogP contribution < -0.4 is 4.90 Å². The van der Waals surface area contributed by atoms with Gasteiger partial charge in [0.25, 0.3) is 0 Å². The number of rotatable bonds is 7. The Kier molecular flexibility index (Phi) is 7.82. The number of benzene rings is 9. The van der Waals surface area contributed by atoms with Gasteiger partial charge < -0.3 is 14.0 Å². The molecule has 0 aliphatic heterocycles. The fraction of sp³-hybridized carbons (Fsp3) is 0. The molecule has 0 spiro atoms. The molecule has 0 aliphatic carbocycles. The van der Waals surface area contributed by atoms with Crippen molar-refractivity contribution >= 4 is 60.7 Å². The van der Waals surface area contributed by atoms with Gasteiger partial charge >= 0.3 is 0 Å². The fourth-order valence-corrected chi connectivity index (χ4v) is 8.80. The van der Waals surface area contributed by atoms with Crippen molar-refractivity contribution in [3.05, 3.63) is 224 Å². The van der Waals surface area contributed by atoms with Gasteiger partial charge in [0.2, 0.25) is 0 Å². The predicted octanol–water partition coefficient (Wildman–Crippen LogP) is 14.7. The maximum absolute atomic E-state index is 2.46. The van der Waals surface area contributed by atoms with E-state index in [9.17, 15) is 0 Å². The highest BCUT2D eigenvalue weighted by Gasteiger charge is 2.24. The molecule has 0 aliphatic rings. The fourth-order valence-electron chi connectivity index (χ4n) is 8.80. The van der Waals surface area contributed by atoms with Gasteiger partial charge in [-0.2, -0.15) is 0 Å². The van der Waals surface area contributed by atoms with Gasteiger partial charge in [0.1, 0.15) is 0 Å². The highest BCUT2D eigenvalue weighted by molar-refractivity contribution is 6.21. The minimum Gasteiger partial charge on any atom is -0.310 e. The predicted molar refractivity (Wildman–Crippen MR) is 241 cm³/mol. The van der Waals surface area contributed by atoms with Gasteiger partial charge in [-0.15, -0.1) is 0 Å². The largest absolute Gasteiger partial charge is 0.310 e. The van der Waals surface area contributed by atoms with E-state index in [2.05, 4.69) is 238 Å². The van der Waals surface area contributed by atoms with Gasteiger partial charge in [-0.1, -0.05) is 152 Å². The van der Waals surface area contributed by atoms with Crippen LogP contribution >= 0.6 is 0 Å². The molecule has 0 saturated heterocycles. The Morgan fingerprint density at radius 2 is 0.789 bits per heavy atom. The van der Waals surface area contributed by atoms with Gasteiger partial charge in [0.15, 0.2) is 0 Å². The molecule has 0 atom stereocenters. The number of aromatic nitrogens is 2. The first-order valence-electron chi connectivity index (χ1n) is 19.5. The Bertz CT molecular complexity index is 3200. The summed E-state index contributed by atoms with van der Waals surface area (Å²) in [4.78, 5) is 2.46. The number of hydrogen-bond acceptors (Lipinski definition) is 1. The van der Waals surface area contributed by atoms with Crippen molar-refractivity contribution in [1.82, 2.24) is 9.13 Å². The summed E-state index contributed by atoms with van der Waals surface area (Å²) >= 11 is 0. The van der Waals surface area contributed by atoms with E-state index in [4.69, 9.17) is 0 Å². The van der Waals surface area contributed by atoms with Crippen LogP contribution in [-0.4, -0.2) is 9.13 Å². The first-order chi connectivity index (χ1) is 28.3. The quantitative estimate of drug-likeness (QED) is 0.159. The Balaban J connectivity index is 1.24. The lowest BCUT2D eigenvalue weighted by molar-refractivity contribution is 1.17. The van der Waals surface area contributed by atoms with Crippen LogP contribution in [0.5, 0.6) is 0 Å². The van der Waals surface area contributed by atoms with Crippen molar-refractivity contribution in [2.75, 3.05) is 4.90 Å². The van der Waals surface area contributed by atoms with E-state index in [0.717, 1.165) is 39.5 Å². The molecule has 0 fully saturated rings. The third-order valence-electron chi connectivity index (χ3n) is 11.3. The highest BCUT2D eigenvalue weighted by Crippen LogP contribution is 2.47. The standard InChI is InChI=1S/C54H37N3/c1-5-17-38(18-6-1)39-31-33-43(34-32-39)55(44-35-36-47-46-25-13-14-27-48(46)56(52(47)37-44)41-21-9-3-10-22-41)50-29-16-30-51-54(50)53-45(40-19-7-2-8-20-40)26-15-28-49(53)57(51)42-23-11-4-12-24-42/h1-37H. The van der Waals surface area contributed by atoms with Crippen molar-refractivity contribution in [3.63, 3.8) is 0 Å². The SMILES string of the molecule is c1ccc(-c2ccc(N(c3ccc4c5ccccc5n(-c5ccccc5)c4c3)c3cccc4c3c3c(-c5ccccc5)cccc3n4-c3ccccc3)cc2)cc1. The van der Waals surface area contributed by atoms with Crippen LogP contribution in [0.25, 0.3) is 77.2 Å². The molecule has 11 rings (SSSR count). The summed E-state index contributed by atoms with van der Waals surface area (Å²) in [6.45, 7) is 0. The van der Waals surface area contributed by atoms with Crippen LogP contribution in [0.4, 0.5) is 17.1 Å². The molecular weight excluding hydrogens is 691 g/mol. The molecule has 0 saturated carbocycles. The lowest BCUT2D eigenvalue weighted by Gasteiger charge is -2.27. The van der Waals surface area contributed by atoms with E-state index in [1.807, 2.05) is 0 Å². The first-order valence-corrected chi connectivity index (χ1v) is 19.5. The van der Waals surface area contributed by atoms with Gasteiger partial charge in [0.05, 0.1) is 27.8 Å². The minimum atomic E-state index is 1.08. The van der Waals surface area contributed by atoms with Crippen molar-refractivity contribution in [1.29, 1.82) is 0 Å². The van der Waals surface area contributed by atoms with Gasteiger partial charge in [-0.3, -0.25) is 0 Å². The summed E-state index contributed by atoms with van der Waals surface area (Å²) in [6.07, 6.45) is 0. The lowest BCUT2D eigenvalue weighted by Crippen LogP contribution is -2.10. The summed E-state index contributed by atoms with van der Waals surface area (Å²) in [6, 6.07) is 81.1. The number of anilines is 3. The van der Waals surface area contributed by atoms with E-state index in [1.54, 1.807) is 0 Å². The average Bonchev–Trinajstić information content (AvgIpc) is 3.81. The molecule has 0 radical (unpaired) electrons. The zero-order chi connectivity index (χ0) is 37.7. The summed E-state index contributed by atoms with van der Waals surface area (Å²) < 4.78 is 4.83. The third-order valence-corrected chi connectivity index (χ3v) is 11.3. The molecule has 0 unspecified atom stereocenters. The van der Waals surface area contributed by atoms with E-state index in [1.165, 1.54) is 54.8 Å². The zero-order valence-electron chi connectivity index (χ0n) is 31.2. The zero-order valence-corrected chi connectivity index (χ0v) is 31.2. The van der Waals surface area contributed by atoms with E-state index < -0.39 is 0 Å². The second-order valence-electron chi connectivity index (χ2n) is 14.5. The van der Waals surface area contributed by atoms with Crippen LogP contribution in [0.1, 0.15) is 0 Å². The summed E-state index contributed by atoms with van der Waals surface area (Å²) in [5, 5.41) is 4.89. The first kappa shape index (κ1) is 32.8. The Morgan fingerprint density at radius 3 is 1.47 bits per heavy atom. The summed E-state index contributed by atoms with van der Waals surface area (Å²) in [7, 11) is 0. The molecule has 2 heterocycles. The van der Waals surface area contributed by atoms with Gasteiger partial charge in [0, 0.05) is 44.3 Å². The molecule has 3 nitrogen and oxygen atoms in total. The number of fused-ring (bicyclic) bond motifs is 6. The Hall–Kier alpha value is -7.62. The van der Waals surface area contributed by atoms with E-state index in [0.29, 0.717) is 0 Å². The molecule has 11 aromatic rings. The van der Waals surface area contributed by atoms with E-state index >= 15 is 0 Å². The maximum atomic E-state index is 2.46. The highest BCUT2D eigenvalue weighted by atomic mass is 15.2. The van der Waals surface area contributed by atoms with Crippen molar-refractivity contribution < 1.29 is 0 Å². The van der Waals surface area contributed by atoms with Crippen LogP contribution in [0.3, 0.4) is 0 Å². The number of nitrogens with zero attached hydrogens (tertiary/aromatic N) is 3. The number of para-hydroxylation sites is 3. The number of hydrogen-bond donors (Lipinski definition) is 0. The molecule has 9 aromatic carbocycles. The molecular formula is C54H37N3. The van der Waals surface area contributed by atoms with Crippen LogP contribution in [0.15, 0.2) is 224 Å². The molecule has 0 N–H and O–H groups in total. The Morgan fingerprint density at radius 1 is 0.298 bits per heavy atom. The minimum absolute atomic E-state index is 1.08. The van der Waals surface area contributed by atoms with Crippen molar-refractivity contribution in [2.45, 2.75) is 0 Å². The normalized spacial score (nSPS) is 11.5. The third kappa shape index (κ3) is 5.43. The molecule has 268 valence electrons. The molecule has 3 heteroatoms. The van der Waals surface area contributed by atoms with Crippen LogP contribution in [0, 0.1) is 0 Å². The average molecular weight is 728 g/mol. The van der Waals surface area contributed by atoms with Crippen LogP contribution in [0.2, 0.25) is 0 Å². The second kappa shape index (κ2) is 13.6. The monoisotopic (exact) mass is 727 g/mol. The summed E-state index contributed by atoms with van der Waals surface area (Å²) in [5.41, 5.74) is 15.0. The van der Waals surface area contributed by atoms with Crippen molar-refractivity contribution in [3.8, 4) is 33.6 Å². The van der Waals surface area contributed by atoms with Crippen molar-refractivity contribution in [2.24, 2.45) is 0 Å². The van der Waals surface area contributed by atoms with Crippen LogP contribution in [-0.2, 0) is 0 Å². The van der Waals surface area contributed by atoms with Gasteiger partial charge in [-0.05, 0) is 95.1 Å². The molecule has 2 aromatic heterocycles. The van der Waals surface area contributed by atoms with Gasteiger partial charge in [-0.25, -0.2) is 0 Å². The molecule has 0 bridgehead atoms. The molecule has 0 amide bonds. The second-order valence-corrected chi connectivity index (χ2v) is 14.5. The van der Waals surface area contributed by atoms with E-state index in [-0.39, 0.29) is 0 Å².